The van der Waals surface area contributed by atoms with Gasteiger partial charge in [-0.1, -0.05) is 29.3 Å². The van der Waals surface area contributed by atoms with E-state index < -0.39 is 0 Å². The van der Waals surface area contributed by atoms with Crippen molar-refractivity contribution in [1.82, 2.24) is 0 Å². The Labute approximate surface area is 82.5 Å². The van der Waals surface area contributed by atoms with Gasteiger partial charge >= 0.3 is 0 Å². The van der Waals surface area contributed by atoms with Crippen LogP contribution in [-0.2, 0) is 6.42 Å². The molecular formula is C9H11Cl2N. The number of benzene rings is 1. The average molecular weight is 204 g/mol. The molecular weight excluding hydrogens is 193 g/mol. The molecule has 12 heavy (non-hydrogen) atoms. The molecule has 1 nitrogen and oxygen atoms in total. The normalized spacial score (nSPS) is 13.0. The minimum atomic E-state index is 0.155. The minimum absolute atomic E-state index is 0.155. The number of halogens is 2. The van der Waals surface area contributed by atoms with Crippen molar-refractivity contribution >= 4 is 23.2 Å². The smallest absolute Gasteiger partial charge is 0.0595 e. The van der Waals surface area contributed by atoms with Gasteiger partial charge in [0.05, 0.1) is 10.0 Å². The Morgan fingerprint density at radius 1 is 1.33 bits per heavy atom. The van der Waals surface area contributed by atoms with Gasteiger partial charge in [-0.2, -0.15) is 0 Å². The van der Waals surface area contributed by atoms with Crippen LogP contribution in [0.2, 0.25) is 10.0 Å². The van der Waals surface area contributed by atoms with Gasteiger partial charge < -0.3 is 5.73 Å². The van der Waals surface area contributed by atoms with E-state index in [-0.39, 0.29) is 6.04 Å². The van der Waals surface area contributed by atoms with Gasteiger partial charge in [0.2, 0.25) is 0 Å². The maximum Gasteiger partial charge on any atom is 0.0595 e. The summed E-state index contributed by atoms with van der Waals surface area (Å²) >= 11 is 11.6. The van der Waals surface area contributed by atoms with Gasteiger partial charge in [0.15, 0.2) is 0 Å². The Morgan fingerprint density at radius 2 is 2.00 bits per heavy atom. The lowest BCUT2D eigenvalue weighted by Gasteiger charge is -2.05. The lowest BCUT2D eigenvalue weighted by atomic mass is 10.1. The fourth-order valence-electron chi connectivity index (χ4n) is 1.04. The summed E-state index contributed by atoms with van der Waals surface area (Å²) in [5, 5.41) is 1.18. The molecule has 0 saturated heterocycles. The molecule has 1 aromatic rings. The molecule has 1 rings (SSSR count). The van der Waals surface area contributed by atoms with Crippen LogP contribution in [-0.4, -0.2) is 6.04 Å². The van der Waals surface area contributed by atoms with Gasteiger partial charge in [0.25, 0.3) is 0 Å². The second kappa shape index (κ2) is 4.13. The third-order valence-corrected chi connectivity index (χ3v) is 2.28. The fraction of sp³-hybridized carbons (Fsp3) is 0.333. The highest BCUT2D eigenvalue weighted by atomic mass is 35.5. The largest absolute Gasteiger partial charge is 0.328 e. The first-order valence-electron chi connectivity index (χ1n) is 3.79. The topological polar surface area (TPSA) is 26.0 Å². The molecule has 1 atom stereocenters. The number of hydrogen-bond acceptors (Lipinski definition) is 1. The summed E-state index contributed by atoms with van der Waals surface area (Å²) in [7, 11) is 0. The van der Waals surface area contributed by atoms with Crippen LogP contribution in [0.4, 0.5) is 0 Å². The first-order chi connectivity index (χ1) is 5.59. The lowest BCUT2D eigenvalue weighted by Crippen LogP contribution is -2.17. The predicted octanol–water partition coefficient (Wildman–Crippen LogP) is 2.88. The maximum atomic E-state index is 5.82. The summed E-state index contributed by atoms with van der Waals surface area (Å²) in [6.07, 6.45) is 0.830. The zero-order valence-corrected chi connectivity index (χ0v) is 8.36. The van der Waals surface area contributed by atoms with Gasteiger partial charge in [-0.25, -0.2) is 0 Å². The van der Waals surface area contributed by atoms with E-state index in [4.69, 9.17) is 28.9 Å². The van der Waals surface area contributed by atoms with Gasteiger partial charge in [-0.15, -0.1) is 0 Å². The molecule has 0 aliphatic heterocycles. The van der Waals surface area contributed by atoms with Crippen LogP contribution in [0.25, 0.3) is 0 Å². The Balaban J connectivity index is 2.82. The summed E-state index contributed by atoms with van der Waals surface area (Å²) < 4.78 is 0. The van der Waals surface area contributed by atoms with Crippen LogP contribution in [0.1, 0.15) is 12.5 Å². The molecule has 3 heteroatoms. The molecule has 0 aliphatic rings. The van der Waals surface area contributed by atoms with Crippen LogP contribution in [0.3, 0.4) is 0 Å². The van der Waals surface area contributed by atoms with E-state index in [1.165, 1.54) is 0 Å². The highest BCUT2D eigenvalue weighted by molar-refractivity contribution is 6.42. The third kappa shape index (κ3) is 2.67. The second-order valence-electron chi connectivity index (χ2n) is 2.93. The zero-order chi connectivity index (χ0) is 9.14. The summed E-state index contributed by atoms with van der Waals surface area (Å²) in [6, 6.07) is 5.74. The van der Waals surface area contributed by atoms with Crippen molar-refractivity contribution < 1.29 is 0 Å². The van der Waals surface area contributed by atoms with Crippen LogP contribution in [0.5, 0.6) is 0 Å². The molecule has 1 aromatic carbocycles. The van der Waals surface area contributed by atoms with Crippen molar-refractivity contribution in [2.24, 2.45) is 5.73 Å². The molecule has 0 radical (unpaired) electrons. The second-order valence-corrected chi connectivity index (χ2v) is 3.74. The molecule has 0 aliphatic carbocycles. The van der Waals surface area contributed by atoms with E-state index in [1.807, 2.05) is 19.1 Å². The SMILES string of the molecule is C[C@@H](N)Cc1ccc(Cl)c(Cl)c1. The number of hydrogen-bond donors (Lipinski definition) is 1. The summed E-state index contributed by atoms with van der Waals surface area (Å²) in [5.74, 6) is 0. The van der Waals surface area contributed by atoms with Crippen molar-refractivity contribution in [3.05, 3.63) is 33.8 Å². The Morgan fingerprint density at radius 3 is 2.50 bits per heavy atom. The van der Waals surface area contributed by atoms with Crippen LogP contribution in [0, 0.1) is 0 Å². The summed E-state index contributed by atoms with van der Waals surface area (Å²) in [4.78, 5) is 0. The van der Waals surface area contributed by atoms with Crippen LogP contribution >= 0.6 is 23.2 Å². The molecule has 0 saturated carbocycles. The highest BCUT2D eigenvalue weighted by Crippen LogP contribution is 2.22. The Bertz CT molecular complexity index is 271. The monoisotopic (exact) mass is 203 g/mol. The summed E-state index contributed by atoms with van der Waals surface area (Å²) in [5.41, 5.74) is 6.76. The first kappa shape index (κ1) is 9.85. The van der Waals surface area contributed by atoms with E-state index in [9.17, 15) is 0 Å². The first-order valence-corrected chi connectivity index (χ1v) is 4.54. The Kier molecular flexibility index (Phi) is 3.39. The van der Waals surface area contributed by atoms with Crippen molar-refractivity contribution in [3.63, 3.8) is 0 Å². The third-order valence-electron chi connectivity index (χ3n) is 1.54. The van der Waals surface area contributed by atoms with E-state index in [2.05, 4.69) is 0 Å². The number of rotatable bonds is 2. The molecule has 0 unspecified atom stereocenters. The maximum absolute atomic E-state index is 5.82. The standard InChI is InChI=1S/C9H11Cl2N/c1-6(12)4-7-2-3-8(10)9(11)5-7/h2-3,5-6H,4,12H2,1H3/t6-/m1/s1. The molecule has 66 valence electrons. The highest BCUT2D eigenvalue weighted by Gasteiger charge is 2.01. The van der Waals surface area contributed by atoms with E-state index in [1.54, 1.807) is 6.07 Å². The Hall–Kier alpha value is -0.240. The molecule has 0 spiro atoms. The quantitative estimate of drug-likeness (QED) is 0.787. The number of nitrogens with two attached hydrogens (primary N) is 1. The van der Waals surface area contributed by atoms with Crippen molar-refractivity contribution in [3.8, 4) is 0 Å². The van der Waals surface area contributed by atoms with E-state index >= 15 is 0 Å². The van der Waals surface area contributed by atoms with E-state index in [0.717, 1.165) is 12.0 Å². The van der Waals surface area contributed by atoms with Crippen molar-refractivity contribution in [2.45, 2.75) is 19.4 Å². The fourth-order valence-corrected chi connectivity index (χ4v) is 1.36. The zero-order valence-electron chi connectivity index (χ0n) is 6.85. The van der Waals surface area contributed by atoms with E-state index in [0.29, 0.717) is 10.0 Å². The minimum Gasteiger partial charge on any atom is -0.328 e. The molecule has 0 fully saturated rings. The van der Waals surface area contributed by atoms with Gasteiger partial charge in [0.1, 0.15) is 0 Å². The van der Waals surface area contributed by atoms with Crippen molar-refractivity contribution in [1.29, 1.82) is 0 Å². The van der Waals surface area contributed by atoms with Gasteiger partial charge in [-0.3, -0.25) is 0 Å². The van der Waals surface area contributed by atoms with Crippen LogP contribution < -0.4 is 5.73 Å². The van der Waals surface area contributed by atoms with Gasteiger partial charge in [0, 0.05) is 6.04 Å². The molecule has 0 bridgehead atoms. The molecule has 0 heterocycles. The van der Waals surface area contributed by atoms with Crippen molar-refractivity contribution in [2.75, 3.05) is 0 Å². The molecule has 2 N–H and O–H groups in total. The van der Waals surface area contributed by atoms with Crippen LogP contribution in [0.15, 0.2) is 18.2 Å². The van der Waals surface area contributed by atoms with Gasteiger partial charge in [-0.05, 0) is 31.0 Å². The molecule has 0 aromatic heterocycles. The lowest BCUT2D eigenvalue weighted by molar-refractivity contribution is 0.738. The summed E-state index contributed by atoms with van der Waals surface area (Å²) in [6.45, 7) is 1.96. The average Bonchev–Trinajstić information content (AvgIpc) is 1.96. The predicted molar refractivity (Wildman–Crippen MR) is 53.8 cm³/mol. The molecule has 0 amide bonds.